The van der Waals surface area contributed by atoms with E-state index in [-0.39, 0.29) is 0 Å². The van der Waals surface area contributed by atoms with Crippen molar-refractivity contribution in [2.45, 2.75) is 38.1 Å². The third-order valence-electron chi connectivity index (χ3n) is 4.08. The number of hydrogen-bond acceptors (Lipinski definition) is 2. The number of hydrogen-bond donors (Lipinski definition) is 2. The van der Waals surface area contributed by atoms with E-state index in [1.165, 1.54) is 32.1 Å². The summed E-state index contributed by atoms with van der Waals surface area (Å²) in [5.41, 5.74) is 0.946. The Kier molecular flexibility index (Phi) is 5.94. The van der Waals surface area contributed by atoms with Crippen molar-refractivity contribution in [1.82, 2.24) is 5.32 Å². The van der Waals surface area contributed by atoms with Crippen molar-refractivity contribution in [2.75, 3.05) is 5.32 Å². The van der Waals surface area contributed by atoms with Gasteiger partial charge < -0.3 is 15.4 Å². The summed E-state index contributed by atoms with van der Waals surface area (Å²) in [5.74, 6) is 1.48. The summed E-state index contributed by atoms with van der Waals surface area (Å²) < 4.78 is 5.78. The van der Waals surface area contributed by atoms with Gasteiger partial charge in [-0.05, 0) is 67.5 Å². The molecule has 0 spiro atoms. The molecule has 0 aromatic heterocycles. The average molecular weight is 361 g/mol. The second-order valence-electron chi connectivity index (χ2n) is 6.02. The molecule has 0 amide bonds. The molecule has 0 aliphatic heterocycles. The minimum atomic E-state index is 0.504. The first-order valence-electron chi connectivity index (χ1n) is 8.30. The van der Waals surface area contributed by atoms with E-state index < -0.39 is 0 Å². The van der Waals surface area contributed by atoms with Crippen molar-refractivity contribution >= 4 is 34.6 Å². The van der Waals surface area contributed by atoms with Crippen LogP contribution < -0.4 is 15.4 Å². The molecular weight excluding hydrogens is 340 g/mol. The van der Waals surface area contributed by atoms with E-state index in [2.05, 4.69) is 10.6 Å². The Bertz CT molecular complexity index is 684. The predicted octanol–water partition coefficient (Wildman–Crippen LogP) is 5.75. The summed E-state index contributed by atoms with van der Waals surface area (Å²) >= 11 is 11.4. The molecule has 1 aliphatic rings. The molecule has 24 heavy (non-hydrogen) atoms. The lowest BCUT2D eigenvalue weighted by Crippen LogP contribution is -2.38. The Hall–Kier alpha value is -1.78. The zero-order chi connectivity index (χ0) is 16.8. The molecule has 0 atom stereocenters. The molecule has 1 fully saturated rings. The molecule has 1 aliphatic carbocycles. The predicted molar refractivity (Wildman–Crippen MR) is 104 cm³/mol. The smallest absolute Gasteiger partial charge is 0.170 e. The molecule has 2 aromatic rings. The van der Waals surface area contributed by atoms with Gasteiger partial charge in [-0.15, -0.1) is 0 Å². The van der Waals surface area contributed by atoms with Gasteiger partial charge in [0.25, 0.3) is 0 Å². The van der Waals surface area contributed by atoms with Crippen molar-refractivity contribution in [3.8, 4) is 11.5 Å². The Labute approximate surface area is 153 Å². The van der Waals surface area contributed by atoms with Gasteiger partial charge in [-0.1, -0.05) is 36.9 Å². The molecule has 1 saturated carbocycles. The summed E-state index contributed by atoms with van der Waals surface area (Å²) in [6.45, 7) is 0. The van der Waals surface area contributed by atoms with Crippen molar-refractivity contribution in [2.24, 2.45) is 0 Å². The Morgan fingerprint density at radius 1 is 1.00 bits per heavy atom. The van der Waals surface area contributed by atoms with Crippen LogP contribution in [0, 0.1) is 0 Å². The average Bonchev–Trinajstić information content (AvgIpc) is 2.57. The summed E-state index contributed by atoms with van der Waals surface area (Å²) in [4.78, 5) is 0. The molecule has 0 radical (unpaired) electrons. The number of anilines is 1. The fraction of sp³-hybridized carbons (Fsp3) is 0.316. The number of thiocarbonyl (C=S) groups is 1. The van der Waals surface area contributed by atoms with E-state index in [1.807, 2.05) is 42.5 Å². The third kappa shape index (κ3) is 5.11. The van der Waals surface area contributed by atoms with Gasteiger partial charge in [-0.2, -0.15) is 0 Å². The highest BCUT2D eigenvalue weighted by molar-refractivity contribution is 7.80. The minimum absolute atomic E-state index is 0.504. The quantitative estimate of drug-likeness (QED) is 0.680. The lowest BCUT2D eigenvalue weighted by Gasteiger charge is -2.24. The first-order chi connectivity index (χ1) is 11.7. The first-order valence-corrected chi connectivity index (χ1v) is 9.09. The normalized spacial score (nSPS) is 14.9. The van der Waals surface area contributed by atoms with E-state index in [9.17, 15) is 0 Å². The summed E-state index contributed by atoms with van der Waals surface area (Å²) in [6.07, 6.45) is 6.32. The van der Waals surface area contributed by atoms with Gasteiger partial charge in [-0.25, -0.2) is 0 Å². The van der Waals surface area contributed by atoms with Crippen molar-refractivity contribution in [3.05, 3.63) is 53.6 Å². The van der Waals surface area contributed by atoms with Crippen LogP contribution in [0.2, 0.25) is 5.02 Å². The maximum Gasteiger partial charge on any atom is 0.170 e. The highest BCUT2D eigenvalue weighted by atomic mass is 35.5. The Balaban J connectivity index is 1.53. The van der Waals surface area contributed by atoms with Crippen LogP contribution in [0.5, 0.6) is 11.5 Å². The molecule has 3 nitrogen and oxygen atoms in total. The van der Waals surface area contributed by atoms with Crippen LogP contribution in [0.15, 0.2) is 48.5 Å². The highest BCUT2D eigenvalue weighted by Gasteiger charge is 2.13. The number of halogens is 1. The fourth-order valence-electron chi connectivity index (χ4n) is 2.87. The minimum Gasteiger partial charge on any atom is -0.457 e. The Morgan fingerprint density at radius 2 is 1.75 bits per heavy atom. The van der Waals surface area contributed by atoms with Gasteiger partial charge >= 0.3 is 0 Å². The van der Waals surface area contributed by atoms with Crippen molar-refractivity contribution in [1.29, 1.82) is 0 Å². The van der Waals surface area contributed by atoms with E-state index >= 15 is 0 Å². The number of benzene rings is 2. The molecule has 2 aromatic carbocycles. The first kappa shape index (κ1) is 17.1. The van der Waals surface area contributed by atoms with E-state index in [0.717, 1.165) is 17.2 Å². The Morgan fingerprint density at radius 3 is 2.46 bits per heavy atom. The third-order valence-corrected chi connectivity index (χ3v) is 4.54. The molecule has 2 N–H and O–H groups in total. The molecule has 3 rings (SSSR count). The van der Waals surface area contributed by atoms with E-state index in [4.69, 9.17) is 28.6 Å². The van der Waals surface area contributed by atoms with Crippen LogP contribution >= 0.6 is 23.8 Å². The van der Waals surface area contributed by atoms with Crippen LogP contribution in [0.25, 0.3) is 0 Å². The van der Waals surface area contributed by atoms with Crippen molar-refractivity contribution in [3.63, 3.8) is 0 Å². The lowest BCUT2D eigenvalue weighted by molar-refractivity contribution is 0.415. The van der Waals surface area contributed by atoms with Crippen LogP contribution in [0.1, 0.15) is 32.1 Å². The molecular formula is C19H21ClN2OS. The molecule has 0 saturated heterocycles. The summed E-state index contributed by atoms with van der Waals surface area (Å²) in [5, 5.41) is 7.98. The SMILES string of the molecule is S=C(Nc1ccc(Oc2cccc(Cl)c2)cc1)NC1CCCCC1. The van der Waals surface area contributed by atoms with Gasteiger partial charge in [0.05, 0.1) is 0 Å². The molecule has 0 unspecified atom stereocenters. The zero-order valence-electron chi connectivity index (χ0n) is 13.4. The fourth-order valence-corrected chi connectivity index (χ4v) is 3.34. The largest absolute Gasteiger partial charge is 0.457 e. The lowest BCUT2D eigenvalue weighted by atomic mass is 9.96. The maximum atomic E-state index is 5.96. The van der Waals surface area contributed by atoms with Crippen LogP contribution in [0.3, 0.4) is 0 Å². The topological polar surface area (TPSA) is 33.3 Å². The number of ether oxygens (including phenoxy) is 1. The van der Waals surface area contributed by atoms with Gasteiger partial charge in [0.15, 0.2) is 5.11 Å². The second kappa shape index (κ2) is 8.36. The van der Waals surface area contributed by atoms with Gasteiger partial charge in [0.1, 0.15) is 11.5 Å². The zero-order valence-corrected chi connectivity index (χ0v) is 15.0. The molecule has 5 heteroatoms. The van der Waals surface area contributed by atoms with Crippen LogP contribution in [-0.2, 0) is 0 Å². The van der Waals surface area contributed by atoms with Crippen LogP contribution in [-0.4, -0.2) is 11.2 Å². The summed E-state index contributed by atoms with van der Waals surface area (Å²) in [6, 6.07) is 15.6. The monoisotopic (exact) mass is 360 g/mol. The summed E-state index contributed by atoms with van der Waals surface area (Å²) in [7, 11) is 0. The molecule has 126 valence electrons. The maximum absolute atomic E-state index is 5.96. The van der Waals surface area contributed by atoms with E-state index in [1.54, 1.807) is 6.07 Å². The van der Waals surface area contributed by atoms with Gasteiger partial charge in [0.2, 0.25) is 0 Å². The van der Waals surface area contributed by atoms with E-state index in [0.29, 0.717) is 16.2 Å². The second-order valence-corrected chi connectivity index (χ2v) is 6.86. The standard InChI is InChI=1S/C19H21ClN2OS/c20-14-5-4-8-18(13-14)23-17-11-9-16(10-12-17)22-19(24)21-15-6-2-1-3-7-15/h4-5,8-13,15H,1-3,6-7H2,(H2,21,22,24). The van der Waals surface area contributed by atoms with Crippen LogP contribution in [0.4, 0.5) is 5.69 Å². The van der Waals surface area contributed by atoms with Gasteiger partial charge in [0, 0.05) is 16.8 Å². The molecule has 0 bridgehead atoms. The number of rotatable bonds is 4. The van der Waals surface area contributed by atoms with Gasteiger partial charge in [-0.3, -0.25) is 0 Å². The number of nitrogens with one attached hydrogen (secondary N) is 2. The molecule has 0 heterocycles. The highest BCUT2D eigenvalue weighted by Crippen LogP contribution is 2.25. The van der Waals surface area contributed by atoms with Crippen molar-refractivity contribution < 1.29 is 4.74 Å².